The van der Waals surface area contributed by atoms with Crippen molar-refractivity contribution < 1.29 is 14.3 Å². The Kier molecular flexibility index (Phi) is 8.53. The summed E-state index contributed by atoms with van der Waals surface area (Å²) in [5.74, 6) is -0.245. The van der Waals surface area contributed by atoms with Crippen LogP contribution in [0.5, 0.6) is 0 Å². The van der Waals surface area contributed by atoms with Gasteiger partial charge in [0, 0.05) is 32.4 Å². The summed E-state index contributed by atoms with van der Waals surface area (Å²) in [7, 11) is 0. The molecule has 3 rings (SSSR count). The van der Waals surface area contributed by atoms with Crippen molar-refractivity contribution in [1.82, 2.24) is 15.3 Å². The Morgan fingerprint density at radius 3 is 2.59 bits per heavy atom. The molecule has 8 nitrogen and oxygen atoms in total. The SMILES string of the molecule is CC(C)(C)OC=O.O=C(Nc1cnccc1N1CCNCC1)c1cccc(Br)n1. The molecule has 0 radical (unpaired) electrons. The molecule has 29 heavy (non-hydrogen) atoms. The van der Waals surface area contributed by atoms with Gasteiger partial charge in [-0.25, -0.2) is 4.98 Å². The molecule has 0 spiro atoms. The fraction of sp³-hybridized carbons (Fsp3) is 0.400. The first-order valence-electron chi connectivity index (χ1n) is 9.25. The van der Waals surface area contributed by atoms with Crippen LogP contribution in [-0.2, 0) is 9.53 Å². The molecule has 2 aromatic heterocycles. The number of hydrogen-bond acceptors (Lipinski definition) is 7. The van der Waals surface area contributed by atoms with E-state index in [9.17, 15) is 9.59 Å². The molecule has 0 atom stereocenters. The molecule has 1 aliphatic rings. The lowest BCUT2D eigenvalue weighted by atomic mass is 10.2. The fourth-order valence-corrected chi connectivity index (χ4v) is 2.87. The van der Waals surface area contributed by atoms with Crippen LogP contribution in [-0.4, -0.2) is 54.1 Å². The molecule has 0 unspecified atom stereocenters. The number of hydrogen-bond donors (Lipinski definition) is 2. The van der Waals surface area contributed by atoms with Gasteiger partial charge >= 0.3 is 0 Å². The maximum atomic E-state index is 12.3. The van der Waals surface area contributed by atoms with E-state index >= 15 is 0 Å². The average molecular weight is 464 g/mol. The molecule has 0 aromatic carbocycles. The van der Waals surface area contributed by atoms with E-state index in [4.69, 9.17) is 0 Å². The van der Waals surface area contributed by atoms with Gasteiger partial charge in [-0.05, 0) is 54.9 Å². The van der Waals surface area contributed by atoms with Crippen molar-refractivity contribution in [3.05, 3.63) is 47.0 Å². The minimum Gasteiger partial charge on any atom is -0.462 e. The van der Waals surface area contributed by atoms with Gasteiger partial charge in [-0.3, -0.25) is 14.6 Å². The van der Waals surface area contributed by atoms with Gasteiger partial charge in [0.25, 0.3) is 12.4 Å². The molecule has 1 aliphatic heterocycles. The summed E-state index contributed by atoms with van der Waals surface area (Å²) in [5, 5.41) is 6.22. The predicted molar refractivity (Wildman–Crippen MR) is 116 cm³/mol. The second kappa shape index (κ2) is 10.9. The second-order valence-electron chi connectivity index (χ2n) is 7.26. The number of amides is 1. The van der Waals surface area contributed by atoms with E-state index in [1.807, 2.05) is 26.8 Å². The summed E-state index contributed by atoms with van der Waals surface area (Å²) in [4.78, 5) is 32.5. The van der Waals surface area contributed by atoms with Crippen LogP contribution in [0.25, 0.3) is 0 Å². The van der Waals surface area contributed by atoms with Crippen molar-refractivity contribution in [3.8, 4) is 0 Å². The van der Waals surface area contributed by atoms with Crippen LogP contribution in [0.15, 0.2) is 41.3 Å². The molecule has 9 heteroatoms. The summed E-state index contributed by atoms with van der Waals surface area (Å²) in [6, 6.07) is 7.18. The van der Waals surface area contributed by atoms with Gasteiger partial charge in [-0.2, -0.15) is 0 Å². The summed E-state index contributed by atoms with van der Waals surface area (Å²) in [6.45, 7) is 9.60. The molecule has 3 heterocycles. The number of carbonyl (C=O) groups excluding carboxylic acids is 2. The van der Waals surface area contributed by atoms with Crippen molar-refractivity contribution in [3.63, 3.8) is 0 Å². The fourth-order valence-electron chi connectivity index (χ4n) is 2.53. The molecule has 156 valence electrons. The lowest BCUT2D eigenvalue weighted by Gasteiger charge is -2.30. The van der Waals surface area contributed by atoms with E-state index in [1.165, 1.54) is 0 Å². The molecule has 2 N–H and O–H groups in total. The van der Waals surface area contributed by atoms with Crippen LogP contribution in [0.1, 0.15) is 31.3 Å². The number of anilines is 2. The number of ether oxygens (including phenoxy) is 1. The first kappa shape index (κ1) is 22.8. The Bertz CT molecular complexity index is 820. The van der Waals surface area contributed by atoms with Crippen LogP contribution in [0.4, 0.5) is 11.4 Å². The van der Waals surface area contributed by atoms with Crippen LogP contribution in [0.2, 0.25) is 0 Å². The van der Waals surface area contributed by atoms with Crippen LogP contribution in [0, 0.1) is 0 Å². The van der Waals surface area contributed by atoms with Crippen molar-refractivity contribution >= 4 is 39.7 Å². The number of pyridine rings is 2. The van der Waals surface area contributed by atoms with E-state index in [0.717, 1.165) is 31.9 Å². The molecular formula is C20H26BrN5O3. The van der Waals surface area contributed by atoms with E-state index in [0.29, 0.717) is 22.5 Å². The van der Waals surface area contributed by atoms with Crippen molar-refractivity contribution in [2.45, 2.75) is 26.4 Å². The molecule has 2 aromatic rings. The smallest absolute Gasteiger partial charge is 0.293 e. The van der Waals surface area contributed by atoms with E-state index < -0.39 is 0 Å². The Morgan fingerprint density at radius 2 is 2.00 bits per heavy atom. The van der Waals surface area contributed by atoms with Crippen molar-refractivity contribution in [2.24, 2.45) is 0 Å². The highest BCUT2D eigenvalue weighted by Crippen LogP contribution is 2.25. The molecule has 1 fully saturated rings. The lowest BCUT2D eigenvalue weighted by Crippen LogP contribution is -2.43. The van der Waals surface area contributed by atoms with Crippen LogP contribution in [0.3, 0.4) is 0 Å². The number of halogens is 1. The zero-order valence-electron chi connectivity index (χ0n) is 16.8. The number of rotatable bonds is 4. The van der Waals surface area contributed by atoms with Crippen LogP contribution >= 0.6 is 15.9 Å². The Labute approximate surface area is 179 Å². The summed E-state index contributed by atoms with van der Waals surface area (Å²) in [5.41, 5.74) is 1.74. The second-order valence-corrected chi connectivity index (χ2v) is 8.07. The Hall–Kier alpha value is -2.52. The van der Waals surface area contributed by atoms with Crippen molar-refractivity contribution in [1.29, 1.82) is 0 Å². The topological polar surface area (TPSA) is 96.5 Å². The van der Waals surface area contributed by atoms with E-state index in [2.05, 4.69) is 46.2 Å². The van der Waals surface area contributed by atoms with Crippen molar-refractivity contribution in [2.75, 3.05) is 36.4 Å². The number of nitrogens with zero attached hydrogens (tertiary/aromatic N) is 3. The number of carbonyl (C=O) groups is 2. The molecule has 0 aliphatic carbocycles. The lowest BCUT2D eigenvalue weighted by molar-refractivity contribution is -0.138. The first-order valence-corrected chi connectivity index (χ1v) is 10.0. The maximum Gasteiger partial charge on any atom is 0.293 e. The van der Waals surface area contributed by atoms with Gasteiger partial charge in [0.15, 0.2) is 0 Å². The van der Waals surface area contributed by atoms with Gasteiger partial charge in [-0.1, -0.05) is 6.07 Å². The first-order chi connectivity index (χ1) is 13.8. The molecule has 1 saturated heterocycles. The highest BCUT2D eigenvalue weighted by Gasteiger charge is 2.16. The quantitative estimate of drug-likeness (QED) is 0.531. The van der Waals surface area contributed by atoms with Gasteiger partial charge in [0.2, 0.25) is 0 Å². The van der Waals surface area contributed by atoms with Gasteiger partial charge in [0.05, 0.1) is 17.6 Å². The number of nitrogens with one attached hydrogen (secondary N) is 2. The largest absolute Gasteiger partial charge is 0.462 e. The monoisotopic (exact) mass is 463 g/mol. The summed E-state index contributed by atoms with van der Waals surface area (Å²) >= 11 is 3.27. The van der Waals surface area contributed by atoms with Gasteiger partial charge in [-0.15, -0.1) is 0 Å². The molecular weight excluding hydrogens is 438 g/mol. The minimum absolute atomic E-state index is 0.245. The molecule has 0 saturated carbocycles. The Balaban J connectivity index is 0.000000370. The summed E-state index contributed by atoms with van der Waals surface area (Å²) in [6.07, 6.45) is 3.41. The van der Waals surface area contributed by atoms with Gasteiger partial charge < -0.3 is 20.3 Å². The normalized spacial score (nSPS) is 13.7. The summed E-state index contributed by atoms with van der Waals surface area (Å²) < 4.78 is 5.18. The number of aromatic nitrogens is 2. The van der Waals surface area contributed by atoms with Crippen LogP contribution < -0.4 is 15.5 Å². The zero-order valence-corrected chi connectivity index (χ0v) is 18.4. The number of piperazine rings is 1. The third kappa shape index (κ3) is 7.78. The maximum absolute atomic E-state index is 12.3. The Morgan fingerprint density at radius 1 is 1.28 bits per heavy atom. The highest BCUT2D eigenvalue weighted by molar-refractivity contribution is 9.10. The van der Waals surface area contributed by atoms with E-state index in [-0.39, 0.29) is 11.5 Å². The molecule has 0 bridgehead atoms. The third-order valence-electron chi connectivity index (χ3n) is 3.85. The average Bonchev–Trinajstić information content (AvgIpc) is 2.69. The zero-order chi connectivity index (χ0) is 21.3. The minimum atomic E-state index is -0.318. The highest BCUT2D eigenvalue weighted by atomic mass is 79.9. The van der Waals surface area contributed by atoms with E-state index in [1.54, 1.807) is 30.6 Å². The molecule has 1 amide bonds. The predicted octanol–water partition coefficient (Wildman–Crippen LogP) is 2.86. The standard InChI is InChI=1S/C15H16BrN5O.C5H10O2/c16-14-3-1-2-11(19-14)15(22)20-12-10-18-5-4-13(12)21-8-6-17-7-9-21;1-5(2,3)7-4-6/h1-5,10,17H,6-9H2,(H,20,22);4H,1-3H3. The van der Waals surface area contributed by atoms with Gasteiger partial charge in [0.1, 0.15) is 15.9 Å². The third-order valence-corrected chi connectivity index (χ3v) is 4.30.